The summed E-state index contributed by atoms with van der Waals surface area (Å²) in [6, 6.07) is 7.38. The van der Waals surface area contributed by atoms with E-state index in [0.29, 0.717) is 5.82 Å². The molecule has 0 saturated heterocycles. The molecule has 9 heteroatoms. The monoisotopic (exact) mass is 345 g/mol. The number of sulfonamides is 1. The lowest BCUT2D eigenvalue weighted by Gasteiger charge is -2.15. The van der Waals surface area contributed by atoms with E-state index in [4.69, 9.17) is 4.74 Å². The van der Waals surface area contributed by atoms with Gasteiger partial charge in [0.1, 0.15) is 11.9 Å². The Bertz CT molecular complexity index is 773. The van der Waals surface area contributed by atoms with Gasteiger partial charge in [0.15, 0.2) is 0 Å². The van der Waals surface area contributed by atoms with E-state index in [-0.39, 0.29) is 25.3 Å². The summed E-state index contributed by atoms with van der Waals surface area (Å²) in [6.07, 6.45) is -1.47. The second kappa shape index (κ2) is 5.81. The molecule has 1 N–H and O–H groups in total. The molecule has 1 unspecified atom stereocenters. The van der Waals surface area contributed by atoms with E-state index in [1.165, 1.54) is 7.05 Å². The average molecular weight is 345 g/mol. The SMILES string of the molecule is CN(Cc1nc2ccccc2[nH]1)S(=O)(=O)CCOC1CC1(F)F. The molecular weight excluding hydrogens is 328 g/mol. The molecule has 1 fully saturated rings. The van der Waals surface area contributed by atoms with Crippen LogP contribution in [0, 0.1) is 0 Å². The minimum Gasteiger partial charge on any atom is -0.371 e. The van der Waals surface area contributed by atoms with Crippen molar-refractivity contribution in [2.75, 3.05) is 19.4 Å². The van der Waals surface area contributed by atoms with Crippen molar-refractivity contribution in [3.63, 3.8) is 0 Å². The lowest BCUT2D eigenvalue weighted by atomic mass is 10.3. The number of rotatable bonds is 7. The van der Waals surface area contributed by atoms with Crippen LogP contribution in [0.4, 0.5) is 8.78 Å². The average Bonchev–Trinajstić information content (AvgIpc) is 2.91. The van der Waals surface area contributed by atoms with Crippen LogP contribution in [-0.2, 0) is 21.3 Å². The van der Waals surface area contributed by atoms with Crippen LogP contribution >= 0.6 is 0 Å². The van der Waals surface area contributed by atoms with Gasteiger partial charge in [0, 0.05) is 13.5 Å². The Morgan fingerprint density at radius 2 is 2.13 bits per heavy atom. The first-order valence-electron chi connectivity index (χ1n) is 7.15. The Balaban J connectivity index is 1.56. The van der Waals surface area contributed by atoms with Gasteiger partial charge in [-0.2, -0.15) is 4.31 Å². The van der Waals surface area contributed by atoms with E-state index < -0.39 is 22.0 Å². The molecule has 1 aliphatic carbocycles. The zero-order valence-electron chi connectivity index (χ0n) is 12.5. The summed E-state index contributed by atoms with van der Waals surface area (Å²) in [6.45, 7) is -0.163. The Hall–Kier alpha value is -1.58. The third-order valence-corrected chi connectivity index (χ3v) is 5.48. The minimum atomic E-state index is -3.60. The topological polar surface area (TPSA) is 75.3 Å². The fraction of sp³-hybridized carbons (Fsp3) is 0.500. The fourth-order valence-electron chi connectivity index (χ4n) is 2.21. The fourth-order valence-corrected chi connectivity index (χ4v) is 3.15. The summed E-state index contributed by atoms with van der Waals surface area (Å²) in [5.74, 6) is -2.62. The quantitative estimate of drug-likeness (QED) is 0.829. The van der Waals surface area contributed by atoms with Crippen molar-refractivity contribution >= 4 is 21.1 Å². The Morgan fingerprint density at radius 1 is 1.43 bits per heavy atom. The van der Waals surface area contributed by atoms with Crippen molar-refractivity contribution in [3.05, 3.63) is 30.1 Å². The molecule has 3 rings (SSSR count). The molecule has 1 aliphatic rings. The molecule has 6 nitrogen and oxygen atoms in total. The van der Waals surface area contributed by atoms with Gasteiger partial charge in [-0.1, -0.05) is 12.1 Å². The highest BCUT2D eigenvalue weighted by atomic mass is 32.2. The number of nitrogens with zero attached hydrogens (tertiary/aromatic N) is 2. The van der Waals surface area contributed by atoms with Gasteiger partial charge in [-0.15, -0.1) is 0 Å². The number of halogens is 2. The maximum Gasteiger partial charge on any atom is 0.276 e. The van der Waals surface area contributed by atoms with Crippen molar-refractivity contribution < 1.29 is 21.9 Å². The first-order chi connectivity index (χ1) is 10.8. The number of para-hydroxylation sites is 2. The summed E-state index contributed by atoms with van der Waals surface area (Å²) >= 11 is 0. The second-order valence-electron chi connectivity index (χ2n) is 5.60. The van der Waals surface area contributed by atoms with Gasteiger partial charge >= 0.3 is 0 Å². The number of ether oxygens (including phenoxy) is 1. The maximum absolute atomic E-state index is 12.7. The molecule has 1 heterocycles. The van der Waals surface area contributed by atoms with E-state index in [1.54, 1.807) is 0 Å². The van der Waals surface area contributed by atoms with Gasteiger partial charge in [-0.3, -0.25) is 0 Å². The van der Waals surface area contributed by atoms with E-state index >= 15 is 0 Å². The van der Waals surface area contributed by atoms with Crippen LogP contribution < -0.4 is 0 Å². The van der Waals surface area contributed by atoms with Gasteiger partial charge in [0.2, 0.25) is 10.0 Å². The number of aromatic amines is 1. The molecule has 0 bridgehead atoms. The summed E-state index contributed by atoms with van der Waals surface area (Å²) in [5.41, 5.74) is 1.58. The lowest BCUT2D eigenvalue weighted by Crippen LogP contribution is -2.31. The minimum absolute atomic E-state index is 0.0800. The Labute approximate surface area is 132 Å². The lowest BCUT2D eigenvalue weighted by molar-refractivity contribution is 0.0184. The zero-order chi connectivity index (χ0) is 16.7. The molecule has 2 aromatic rings. The number of imidazole rings is 1. The van der Waals surface area contributed by atoms with Gasteiger partial charge < -0.3 is 9.72 Å². The predicted molar refractivity (Wildman–Crippen MR) is 80.7 cm³/mol. The van der Waals surface area contributed by atoms with Gasteiger partial charge in [-0.25, -0.2) is 22.2 Å². The highest BCUT2D eigenvalue weighted by molar-refractivity contribution is 7.89. The van der Waals surface area contributed by atoms with Crippen molar-refractivity contribution in [1.82, 2.24) is 14.3 Å². The van der Waals surface area contributed by atoms with E-state index in [9.17, 15) is 17.2 Å². The molecule has 1 aromatic carbocycles. The molecular formula is C14H17F2N3O3S. The maximum atomic E-state index is 12.7. The van der Waals surface area contributed by atoms with Crippen LogP contribution in [0.5, 0.6) is 0 Å². The summed E-state index contributed by atoms with van der Waals surface area (Å²) in [4.78, 5) is 7.36. The third kappa shape index (κ3) is 3.67. The first kappa shape index (κ1) is 16.3. The van der Waals surface area contributed by atoms with Gasteiger partial charge in [0.25, 0.3) is 5.92 Å². The van der Waals surface area contributed by atoms with Gasteiger partial charge in [0.05, 0.1) is 29.9 Å². The highest BCUT2D eigenvalue weighted by Gasteiger charge is 2.58. The molecule has 1 saturated carbocycles. The molecule has 0 aliphatic heterocycles. The van der Waals surface area contributed by atoms with Crippen molar-refractivity contribution in [2.45, 2.75) is 25.0 Å². The highest BCUT2D eigenvalue weighted by Crippen LogP contribution is 2.44. The molecule has 1 atom stereocenters. The second-order valence-corrected chi connectivity index (χ2v) is 7.79. The first-order valence-corrected chi connectivity index (χ1v) is 8.76. The predicted octanol–water partition coefficient (Wildman–Crippen LogP) is 1.75. The summed E-state index contributed by atoms with van der Waals surface area (Å²) < 4.78 is 55.6. The number of alkyl halides is 2. The summed E-state index contributed by atoms with van der Waals surface area (Å²) in [7, 11) is -2.17. The number of hydrogen-bond acceptors (Lipinski definition) is 4. The van der Waals surface area contributed by atoms with Crippen LogP contribution in [0.25, 0.3) is 11.0 Å². The smallest absolute Gasteiger partial charge is 0.276 e. The third-order valence-electron chi connectivity index (χ3n) is 3.71. The molecule has 0 amide bonds. The van der Waals surface area contributed by atoms with Crippen LogP contribution in [0.1, 0.15) is 12.2 Å². The van der Waals surface area contributed by atoms with Crippen LogP contribution in [0.2, 0.25) is 0 Å². The normalized spacial score (nSPS) is 20.3. The number of H-pyrrole nitrogens is 1. The van der Waals surface area contributed by atoms with Gasteiger partial charge in [-0.05, 0) is 12.1 Å². The standard InChI is InChI=1S/C14H17F2N3O3S/c1-19(9-13-17-10-4-2-3-5-11(10)18-13)23(20,21)7-6-22-12-8-14(12,15)16/h2-5,12H,6-9H2,1H3,(H,17,18). The van der Waals surface area contributed by atoms with Crippen molar-refractivity contribution in [3.8, 4) is 0 Å². The largest absolute Gasteiger partial charge is 0.371 e. The number of hydrogen-bond donors (Lipinski definition) is 1. The van der Waals surface area contributed by atoms with Crippen molar-refractivity contribution in [1.29, 1.82) is 0 Å². The van der Waals surface area contributed by atoms with Crippen LogP contribution in [0.3, 0.4) is 0 Å². The molecule has 23 heavy (non-hydrogen) atoms. The molecule has 0 spiro atoms. The van der Waals surface area contributed by atoms with Crippen molar-refractivity contribution in [2.24, 2.45) is 0 Å². The van der Waals surface area contributed by atoms with Crippen LogP contribution in [-0.4, -0.2) is 54.1 Å². The Morgan fingerprint density at radius 3 is 2.78 bits per heavy atom. The van der Waals surface area contributed by atoms with E-state index in [2.05, 4.69) is 9.97 Å². The number of nitrogens with one attached hydrogen (secondary N) is 1. The number of aromatic nitrogens is 2. The number of fused-ring (bicyclic) bond motifs is 1. The zero-order valence-corrected chi connectivity index (χ0v) is 13.3. The number of benzene rings is 1. The Kier molecular flexibility index (Phi) is 4.11. The molecule has 126 valence electrons. The van der Waals surface area contributed by atoms with E-state index in [0.717, 1.165) is 15.3 Å². The summed E-state index contributed by atoms with van der Waals surface area (Å²) in [5, 5.41) is 0. The molecule has 0 radical (unpaired) electrons. The van der Waals surface area contributed by atoms with E-state index in [1.807, 2.05) is 24.3 Å². The molecule has 1 aromatic heterocycles. The van der Waals surface area contributed by atoms with Crippen LogP contribution in [0.15, 0.2) is 24.3 Å².